The Labute approximate surface area is 226 Å². The Kier molecular flexibility index (Phi) is 5.69. The molecule has 0 unspecified atom stereocenters. The first-order chi connectivity index (χ1) is 19.1. The van der Waals surface area contributed by atoms with Gasteiger partial charge in [0.1, 0.15) is 69.3 Å². The lowest BCUT2D eigenvalue weighted by Crippen LogP contribution is -2.21. The van der Waals surface area contributed by atoms with Crippen molar-refractivity contribution in [3.8, 4) is 57.1 Å². The quantitative estimate of drug-likeness (QED) is 0.207. The number of ether oxygens (including phenoxy) is 2. The van der Waals surface area contributed by atoms with E-state index in [1.807, 2.05) is 0 Å². The van der Waals surface area contributed by atoms with Crippen molar-refractivity contribution in [2.24, 2.45) is 0 Å². The number of aromatic hydroxyl groups is 6. The number of carbonyl (C=O) groups excluding carboxylic acids is 2. The summed E-state index contributed by atoms with van der Waals surface area (Å²) >= 11 is 0. The second-order valence-corrected chi connectivity index (χ2v) is 9.67. The monoisotopic (exact) mass is 542 g/mol. The molecule has 0 aromatic heterocycles. The van der Waals surface area contributed by atoms with Gasteiger partial charge in [-0.15, -0.1) is 0 Å². The predicted octanol–water partition coefficient (Wildman–Crippen LogP) is 5.00. The molecule has 10 nitrogen and oxygen atoms in total. The first-order valence-corrected chi connectivity index (χ1v) is 12.3. The third-order valence-corrected chi connectivity index (χ3v) is 7.07. The standard InChI is InChI=1S/C30H22O10/c31-15-4-1-13(2-5-15)23-11-22(37)29-26(39-23)12-20(35)27(30(29)38)17-7-14(3-6-18(17)33)24-10-21(36)28-19(34)8-16(32)9-25(28)40-24/h1-9,12,23-24,31-35,38H,10-11H2/t23-,24-/m0/s1. The van der Waals surface area contributed by atoms with Crippen LogP contribution in [0.3, 0.4) is 0 Å². The third-order valence-electron chi connectivity index (χ3n) is 7.07. The summed E-state index contributed by atoms with van der Waals surface area (Å²) < 4.78 is 11.8. The van der Waals surface area contributed by atoms with Crippen LogP contribution in [-0.4, -0.2) is 42.2 Å². The maximum atomic E-state index is 13.1. The van der Waals surface area contributed by atoms with E-state index >= 15 is 0 Å². The van der Waals surface area contributed by atoms with Crippen molar-refractivity contribution in [3.05, 3.63) is 82.9 Å². The highest BCUT2D eigenvalue weighted by atomic mass is 16.5. The number of fused-ring (bicyclic) bond motifs is 2. The van der Waals surface area contributed by atoms with E-state index in [0.717, 1.165) is 6.07 Å². The number of hydrogen-bond donors (Lipinski definition) is 6. The van der Waals surface area contributed by atoms with Gasteiger partial charge >= 0.3 is 0 Å². The fraction of sp³-hybridized carbons (Fsp3) is 0.133. The van der Waals surface area contributed by atoms with Gasteiger partial charge in [0.25, 0.3) is 0 Å². The molecular formula is C30H22O10. The molecule has 0 amide bonds. The van der Waals surface area contributed by atoms with Crippen LogP contribution in [0.25, 0.3) is 11.1 Å². The highest BCUT2D eigenvalue weighted by Gasteiger charge is 2.35. The molecule has 2 atom stereocenters. The number of phenols is 6. The fourth-order valence-corrected chi connectivity index (χ4v) is 5.16. The molecule has 4 aromatic rings. The molecule has 4 aromatic carbocycles. The second-order valence-electron chi connectivity index (χ2n) is 9.67. The van der Waals surface area contributed by atoms with E-state index in [2.05, 4.69) is 0 Å². The molecular weight excluding hydrogens is 520 g/mol. The minimum atomic E-state index is -0.876. The van der Waals surface area contributed by atoms with Crippen molar-refractivity contribution in [2.75, 3.05) is 0 Å². The van der Waals surface area contributed by atoms with E-state index in [1.54, 1.807) is 12.1 Å². The van der Waals surface area contributed by atoms with E-state index in [0.29, 0.717) is 11.1 Å². The molecule has 202 valence electrons. The number of benzene rings is 4. The van der Waals surface area contributed by atoms with Gasteiger partial charge in [-0.05, 0) is 35.4 Å². The summed E-state index contributed by atoms with van der Waals surface area (Å²) in [5.74, 6) is -2.96. The zero-order valence-corrected chi connectivity index (χ0v) is 20.7. The average Bonchev–Trinajstić information content (AvgIpc) is 2.89. The molecule has 0 aliphatic carbocycles. The first kappa shape index (κ1) is 24.9. The van der Waals surface area contributed by atoms with Gasteiger partial charge in [0.15, 0.2) is 11.6 Å². The summed E-state index contributed by atoms with van der Waals surface area (Å²) in [7, 11) is 0. The van der Waals surface area contributed by atoms with Gasteiger partial charge in [0.05, 0.1) is 18.4 Å². The lowest BCUT2D eigenvalue weighted by Gasteiger charge is -2.28. The molecule has 6 N–H and O–H groups in total. The maximum absolute atomic E-state index is 13.1. The van der Waals surface area contributed by atoms with E-state index in [-0.39, 0.29) is 63.8 Å². The second kappa shape index (κ2) is 9.12. The number of phenolic OH excluding ortho intramolecular Hbond substituents is 6. The molecule has 2 heterocycles. The molecule has 2 aliphatic rings. The maximum Gasteiger partial charge on any atom is 0.174 e. The van der Waals surface area contributed by atoms with E-state index in [9.17, 15) is 40.2 Å². The van der Waals surface area contributed by atoms with Crippen molar-refractivity contribution >= 4 is 11.6 Å². The van der Waals surface area contributed by atoms with Gasteiger partial charge in [-0.3, -0.25) is 9.59 Å². The van der Waals surface area contributed by atoms with Crippen LogP contribution in [0.15, 0.2) is 60.7 Å². The van der Waals surface area contributed by atoms with E-state index in [1.165, 1.54) is 42.5 Å². The SMILES string of the molecule is O=C1C[C@@H](c2ccc(O)c(-c3c(O)cc4c(c3O)C(=O)C[C@@H](c3ccc(O)cc3)O4)c2)Oc2cc(O)cc(O)c21. The van der Waals surface area contributed by atoms with Crippen LogP contribution in [0.5, 0.6) is 46.0 Å². The molecule has 0 fully saturated rings. The lowest BCUT2D eigenvalue weighted by atomic mass is 9.89. The summed E-state index contributed by atoms with van der Waals surface area (Å²) in [5, 5.41) is 62.2. The van der Waals surface area contributed by atoms with E-state index < -0.39 is 41.0 Å². The van der Waals surface area contributed by atoms with Crippen LogP contribution in [0.4, 0.5) is 0 Å². The number of Topliss-reactive ketones (excluding diaryl/α,β-unsaturated/α-hetero) is 2. The first-order valence-electron chi connectivity index (χ1n) is 12.3. The minimum Gasteiger partial charge on any atom is -0.508 e. The van der Waals surface area contributed by atoms with Gasteiger partial charge in [-0.2, -0.15) is 0 Å². The molecule has 0 bridgehead atoms. The normalized spacial score (nSPS) is 17.9. The highest BCUT2D eigenvalue weighted by Crippen LogP contribution is 2.51. The van der Waals surface area contributed by atoms with Gasteiger partial charge in [-0.25, -0.2) is 0 Å². The minimum absolute atomic E-state index is 0.0150. The molecule has 0 spiro atoms. The zero-order valence-electron chi connectivity index (χ0n) is 20.7. The van der Waals surface area contributed by atoms with Crippen LogP contribution in [-0.2, 0) is 0 Å². The van der Waals surface area contributed by atoms with Crippen LogP contribution in [0.2, 0.25) is 0 Å². The molecule has 0 saturated heterocycles. The van der Waals surface area contributed by atoms with Crippen LogP contribution >= 0.6 is 0 Å². The molecule has 6 rings (SSSR count). The number of hydrogen-bond acceptors (Lipinski definition) is 10. The highest BCUT2D eigenvalue weighted by molar-refractivity contribution is 6.06. The Bertz CT molecular complexity index is 1710. The van der Waals surface area contributed by atoms with Crippen LogP contribution < -0.4 is 9.47 Å². The Morgan fingerprint density at radius 2 is 1.12 bits per heavy atom. The fourth-order valence-electron chi connectivity index (χ4n) is 5.16. The van der Waals surface area contributed by atoms with Crippen molar-refractivity contribution < 1.29 is 49.7 Å². The van der Waals surface area contributed by atoms with Gasteiger partial charge in [0.2, 0.25) is 0 Å². The van der Waals surface area contributed by atoms with Crippen molar-refractivity contribution in [3.63, 3.8) is 0 Å². The summed E-state index contributed by atoms with van der Waals surface area (Å²) in [6, 6.07) is 13.8. The largest absolute Gasteiger partial charge is 0.508 e. The Hall–Kier alpha value is -5.38. The lowest BCUT2D eigenvalue weighted by molar-refractivity contribution is 0.0834. The Morgan fingerprint density at radius 1 is 0.550 bits per heavy atom. The van der Waals surface area contributed by atoms with Gasteiger partial charge in [-0.1, -0.05) is 18.2 Å². The summed E-state index contributed by atoms with van der Waals surface area (Å²) in [5.41, 5.74) is 0.565. The van der Waals surface area contributed by atoms with Crippen molar-refractivity contribution in [1.29, 1.82) is 0 Å². The molecule has 40 heavy (non-hydrogen) atoms. The smallest absolute Gasteiger partial charge is 0.174 e. The summed E-state index contributed by atoms with van der Waals surface area (Å²) in [4.78, 5) is 25.9. The molecule has 0 saturated carbocycles. The molecule has 0 radical (unpaired) electrons. The topological polar surface area (TPSA) is 174 Å². The molecule has 2 aliphatic heterocycles. The summed E-state index contributed by atoms with van der Waals surface area (Å²) in [6.45, 7) is 0. The molecule has 10 heteroatoms. The Balaban J connectivity index is 1.38. The van der Waals surface area contributed by atoms with Crippen LogP contribution in [0.1, 0.15) is 56.9 Å². The predicted molar refractivity (Wildman–Crippen MR) is 139 cm³/mol. The number of rotatable bonds is 3. The zero-order chi connectivity index (χ0) is 28.3. The van der Waals surface area contributed by atoms with Gasteiger partial charge in [0, 0.05) is 23.8 Å². The average molecular weight is 542 g/mol. The van der Waals surface area contributed by atoms with Gasteiger partial charge < -0.3 is 40.1 Å². The van der Waals surface area contributed by atoms with Crippen LogP contribution in [0, 0.1) is 0 Å². The Morgan fingerprint density at radius 3 is 1.82 bits per heavy atom. The third kappa shape index (κ3) is 4.06. The van der Waals surface area contributed by atoms with Crippen molar-refractivity contribution in [1.82, 2.24) is 0 Å². The summed E-state index contributed by atoms with van der Waals surface area (Å²) in [6.07, 6.45) is -1.86. The number of carbonyl (C=O) groups is 2. The van der Waals surface area contributed by atoms with E-state index in [4.69, 9.17) is 9.47 Å². The van der Waals surface area contributed by atoms with Crippen molar-refractivity contribution in [2.45, 2.75) is 25.0 Å². The number of ketones is 2.